The smallest absolute Gasteiger partial charge is 0.319 e. The summed E-state index contributed by atoms with van der Waals surface area (Å²) >= 11 is 0. The van der Waals surface area contributed by atoms with E-state index in [1.54, 1.807) is 18.3 Å². The average molecular weight is 545 g/mol. The molecule has 3 aliphatic heterocycles. The molecule has 3 aliphatic rings. The van der Waals surface area contributed by atoms with E-state index in [0.29, 0.717) is 43.1 Å². The van der Waals surface area contributed by atoms with E-state index in [9.17, 15) is 5.11 Å². The van der Waals surface area contributed by atoms with Crippen molar-refractivity contribution in [3.8, 4) is 23.0 Å². The summed E-state index contributed by atoms with van der Waals surface area (Å²) in [4.78, 5) is 16.3. The summed E-state index contributed by atoms with van der Waals surface area (Å²) < 4.78 is 28.4. The number of rotatable bonds is 6. The number of nitrogens with one attached hydrogen (secondary N) is 2. The third-order valence-electron chi connectivity index (χ3n) is 8.52. The first-order valence-corrected chi connectivity index (χ1v) is 14.1. The van der Waals surface area contributed by atoms with Gasteiger partial charge in [-0.05, 0) is 61.7 Å². The van der Waals surface area contributed by atoms with Crippen LogP contribution in [0.15, 0.2) is 42.6 Å². The lowest BCUT2D eigenvalue weighted by atomic mass is 9.95. The normalized spacial score (nSPS) is 21.0. The lowest BCUT2D eigenvalue weighted by Gasteiger charge is -2.31. The van der Waals surface area contributed by atoms with Crippen LogP contribution in [-0.4, -0.2) is 82.5 Å². The molecule has 0 radical (unpaired) electrons. The van der Waals surface area contributed by atoms with Crippen LogP contribution in [0, 0.1) is 5.82 Å². The average Bonchev–Trinajstić information content (AvgIpc) is 3.44. The quantitative estimate of drug-likeness (QED) is 0.331. The monoisotopic (exact) mass is 544 g/mol. The van der Waals surface area contributed by atoms with Gasteiger partial charge in [0, 0.05) is 24.8 Å². The summed E-state index contributed by atoms with van der Waals surface area (Å²) in [5, 5.41) is 19.2. The van der Waals surface area contributed by atoms with Crippen LogP contribution in [0.1, 0.15) is 25.7 Å². The maximum atomic E-state index is 16.4. The Bertz CT molecular complexity index is 1550. The number of pyridine rings is 1. The number of aromatic hydroxyl groups is 1. The topological polar surface area (TPSA) is 105 Å². The van der Waals surface area contributed by atoms with Crippen LogP contribution in [0.4, 0.5) is 10.2 Å². The highest BCUT2D eigenvalue weighted by atomic mass is 19.1. The number of benzene rings is 2. The number of aromatic nitrogens is 3. The number of fused-ring (bicyclic) bond motifs is 3. The van der Waals surface area contributed by atoms with Gasteiger partial charge in [0.25, 0.3) is 0 Å². The van der Waals surface area contributed by atoms with Crippen LogP contribution >= 0.6 is 0 Å². The van der Waals surface area contributed by atoms with Crippen molar-refractivity contribution in [2.75, 3.05) is 51.3 Å². The third kappa shape index (κ3) is 4.59. The second kappa shape index (κ2) is 10.4. The Hall–Kier alpha value is -3.60. The number of hydrogen-bond donors (Lipinski definition) is 3. The maximum Gasteiger partial charge on any atom is 0.319 e. The minimum absolute atomic E-state index is 0.00733. The number of anilines is 1. The molecule has 0 aliphatic carbocycles. The molecule has 2 aromatic heterocycles. The Labute approximate surface area is 231 Å². The van der Waals surface area contributed by atoms with Gasteiger partial charge in [0.15, 0.2) is 5.82 Å². The molecule has 1 atom stereocenters. The van der Waals surface area contributed by atoms with Gasteiger partial charge in [0.05, 0.1) is 30.2 Å². The highest BCUT2D eigenvalue weighted by molar-refractivity contribution is 5.99. The predicted octanol–water partition coefficient (Wildman–Crippen LogP) is 4.10. The molecular weight excluding hydrogens is 511 g/mol. The fourth-order valence-electron chi connectivity index (χ4n) is 6.54. The van der Waals surface area contributed by atoms with Gasteiger partial charge in [0.1, 0.15) is 29.4 Å². The highest BCUT2D eigenvalue weighted by Crippen LogP contribution is 2.40. The molecule has 10 heteroatoms. The van der Waals surface area contributed by atoms with Crippen molar-refractivity contribution < 1.29 is 19.0 Å². The highest BCUT2D eigenvalue weighted by Gasteiger charge is 2.45. The van der Waals surface area contributed by atoms with E-state index in [-0.39, 0.29) is 34.6 Å². The molecule has 0 bridgehead atoms. The summed E-state index contributed by atoms with van der Waals surface area (Å²) in [6.45, 7) is 5.23. The van der Waals surface area contributed by atoms with Crippen LogP contribution in [-0.2, 0) is 4.74 Å². The second-order valence-electron chi connectivity index (χ2n) is 11.1. The summed E-state index contributed by atoms with van der Waals surface area (Å²) in [5.74, 6) is -0.0783. The lowest BCUT2D eigenvalue weighted by molar-refractivity contribution is 0.108. The number of nitrogens with zero attached hydrogens (tertiary/aromatic N) is 4. The van der Waals surface area contributed by atoms with Gasteiger partial charge >= 0.3 is 6.01 Å². The summed E-state index contributed by atoms with van der Waals surface area (Å²) in [7, 11) is 0. The van der Waals surface area contributed by atoms with Crippen molar-refractivity contribution in [1.82, 2.24) is 25.2 Å². The van der Waals surface area contributed by atoms with Crippen LogP contribution in [0.5, 0.6) is 11.8 Å². The Morgan fingerprint density at radius 2 is 2.00 bits per heavy atom. The zero-order chi connectivity index (χ0) is 27.1. The fraction of sp³-hybridized carbons (Fsp3) is 0.433. The Morgan fingerprint density at radius 1 is 1.15 bits per heavy atom. The van der Waals surface area contributed by atoms with Crippen LogP contribution in [0.3, 0.4) is 0 Å². The van der Waals surface area contributed by atoms with Gasteiger partial charge < -0.3 is 25.2 Å². The summed E-state index contributed by atoms with van der Waals surface area (Å²) in [6, 6.07) is 10.8. The molecule has 40 heavy (non-hydrogen) atoms. The molecule has 0 spiro atoms. The molecule has 2 aromatic carbocycles. The number of hydrogen-bond acceptors (Lipinski definition) is 9. The molecule has 208 valence electrons. The number of phenols is 1. The molecule has 7 rings (SSSR count). The molecule has 3 saturated heterocycles. The minimum atomic E-state index is -0.583. The van der Waals surface area contributed by atoms with E-state index in [1.807, 2.05) is 24.3 Å². The van der Waals surface area contributed by atoms with Gasteiger partial charge in [-0.2, -0.15) is 9.97 Å². The predicted molar refractivity (Wildman–Crippen MR) is 151 cm³/mol. The van der Waals surface area contributed by atoms with E-state index in [1.165, 1.54) is 0 Å². The van der Waals surface area contributed by atoms with Crippen molar-refractivity contribution in [3.63, 3.8) is 0 Å². The first-order valence-electron chi connectivity index (χ1n) is 14.1. The molecule has 5 heterocycles. The van der Waals surface area contributed by atoms with Crippen molar-refractivity contribution >= 4 is 27.5 Å². The first-order chi connectivity index (χ1) is 19.6. The minimum Gasteiger partial charge on any atom is -0.508 e. The van der Waals surface area contributed by atoms with Crippen LogP contribution in [0.2, 0.25) is 0 Å². The van der Waals surface area contributed by atoms with Crippen LogP contribution < -0.4 is 15.4 Å². The second-order valence-corrected chi connectivity index (χ2v) is 11.1. The van der Waals surface area contributed by atoms with E-state index in [4.69, 9.17) is 14.5 Å². The molecule has 1 unspecified atom stereocenters. The van der Waals surface area contributed by atoms with Crippen molar-refractivity contribution in [3.05, 3.63) is 48.4 Å². The molecule has 0 saturated carbocycles. The zero-order valence-electron chi connectivity index (χ0n) is 22.3. The lowest BCUT2D eigenvalue weighted by Crippen LogP contribution is -2.43. The van der Waals surface area contributed by atoms with Crippen molar-refractivity contribution in [2.45, 2.75) is 37.3 Å². The molecule has 0 amide bonds. The van der Waals surface area contributed by atoms with Gasteiger partial charge in [-0.25, -0.2) is 4.39 Å². The van der Waals surface area contributed by atoms with E-state index in [2.05, 4.69) is 25.5 Å². The first kappa shape index (κ1) is 25.4. The Morgan fingerprint density at radius 3 is 2.88 bits per heavy atom. The van der Waals surface area contributed by atoms with Crippen molar-refractivity contribution in [1.29, 1.82) is 0 Å². The third-order valence-corrected chi connectivity index (χ3v) is 8.52. The summed E-state index contributed by atoms with van der Waals surface area (Å²) in [5.41, 5.74) is 0.747. The molecular formula is C30H33FN6O3. The Balaban J connectivity index is 1.32. The van der Waals surface area contributed by atoms with Gasteiger partial charge in [-0.15, -0.1) is 0 Å². The standard InChI is InChI=1S/C30H33FN6O3/c31-25-26(23-14-21(38)13-19-5-1-2-6-22(19)23)33-16-24-27(25)35-29(36-28(24)34-20-15-32-9-12-39-17-20)40-18-30-7-3-10-37(30)11-4-8-30/h1-2,5-6,13-14,16,20,32,38H,3-4,7-12,15,17-18H2,(H,34,35,36). The largest absolute Gasteiger partial charge is 0.508 e. The maximum absolute atomic E-state index is 16.4. The molecule has 3 N–H and O–H groups in total. The Kier molecular flexibility index (Phi) is 6.61. The van der Waals surface area contributed by atoms with Gasteiger partial charge in [-0.1, -0.05) is 24.3 Å². The zero-order valence-corrected chi connectivity index (χ0v) is 22.3. The number of halogens is 1. The molecule has 3 fully saturated rings. The van der Waals surface area contributed by atoms with Gasteiger partial charge in [-0.3, -0.25) is 9.88 Å². The molecule has 4 aromatic rings. The van der Waals surface area contributed by atoms with Gasteiger partial charge in [0.2, 0.25) is 0 Å². The van der Waals surface area contributed by atoms with Crippen LogP contribution in [0.25, 0.3) is 32.9 Å². The fourth-order valence-corrected chi connectivity index (χ4v) is 6.54. The van der Waals surface area contributed by atoms with E-state index < -0.39 is 5.82 Å². The number of phenolic OH excluding ortho intramolecular Hbond substituents is 1. The number of ether oxygens (including phenoxy) is 2. The molecule has 9 nitrogen and oxygen atoms in total. The van der Waals surface area contributed by atoms with Crippen molar-refractivity contribution in [2.24, 2.45) is 0 Å². The SMILES string of the molecule is Oc1cc(-c2ncc3c(NC4CNCCOC4)nc(OCC45CCCN4CCC5)nc3c2F)c2ccccc2c1. The van der Waals surface area contributed by atoms with E-state index >= 15 is 4.39 Å². The van der Waals surface area contributed by atoms with E-state index in [0.717, 1.165) is 56.1 Å². The summed E-state index contributed by atoms with van der Waals surface area (Å²) in [6.07, 6.45) is 6.08.